The first-order valence-electron chi connectivity index (χ1n) is 7.14. The van der Waals surface area contributed by atoms with E-state index in [4.69, 9.17) is 0 Å². The predicted octanol–water partition coefficient (Wildman–Crippen LogP) is 1.48. The smallest absolute Gasteiger partial charge is 0.315 e. The van der Waals surface area contributed by atoms with E-state index in [0.29, 0.717) is 24.1 Å². The summed E-state index contributed by atoms with van der Waals surface area (Å²) in [6, 6.07) is 0. The fraction of sp³-hybridized carbons (Fsp3) is 0.533. The third-order valence-corrected chi connectivity index (χ3v) is 4.29. The number of nitrogens with one attached hydrogen (secondary N) is 1. The van der Waals surface area contributed by atoms with Crippen LogP contribution in [0.3, 0.4) is 0 Å². The normalized spacial score (nSPS) is 15.7. The lowest BCUT2D eigenvalue weighted by Gasteiger charge is -2.29. The molecular weight excluding hydrogens is 318 g/mol. The van der Waals surface area contributed by atoms with Crippen LogP contribution in [0.4, 0.5) is 5.95 Å². The lowest BCUT2D eigenvalue weighted by molar-refractivity contribution is -0.137. The molecule has 0 aliphatic heterocycles. The second kappa shape index (κ2) is 7.08. The molecule has 1 N–H and O–H groups in total. The van der Waals surface area contributed by atoms with Gasteiger partial charge in [-0.2, -0.15) is 0 Å². The van der Waals surface area contributed by atoms with Gasteiger partial charge < -0.3 is 4.74 Å². The van der Waals surface area contributed by atoms with Crippen molar-refractivity contribution in [3.8, 4) is 0 Å². The van der Waals surface area contributed by atoms with Gasteiger partial charge in [0.15, 0.2) is 5.78 Å². The van der Waals surface area contributed by atoms with Gasteiger partial charge in [-0.05, 0) is 11.8 Å². The molecule has 1 aliphatic carbocycles. The highest BCUT2D eigenvalue weighted by atomic mass is 32.2. The lowest BCUT2D eigenvalue weighted by atomic mass is 9.76. The maximum absolute atomic E-state index is 12.1. The van der Waals surface area contributed by atoms with E-state index < -0.39 is 0 Å². The minimum atomic E-state index is -0.381. The largest absolute Gasteiger partial charge is 0.468 e. The van der Waals surface area contributed by atoms with Crippen molar-refractivity contribution in [2.75, 3.05) is 23.9 Å². The van der Waals surface area contributed by atoms with Gasteiger partial charge in [0.25, 0.3) is 0 Å². The summed E-state index contributed by atoms with van der Waals surface area (Å²) < 4.78 is 4.49. The number of hydrogen-bond donors (Lipinski definition) is 1. The van der Waals surface area contributed by atoms with E-state index in [9.17, 15) is 14.4 Å². The van der Waals surface area contributed by atoms with Crippen LogP contribution < -0.4 is 5.32 Å². The highest BCUT2D eigenvalue weighted by Crippen LogP contribution is 2.33. The first-order valence-corrected chi connectivity index (χ1v) is 8.30. The summed E-state index contributed by atoms with van der Waals surface area (Å²) in [7, 11) is 1.30. The average molecular weight is 337 g/mol. The van der Waals surface area contributed by atoms with Gasteiger partial charge in [-0.3, -0.25) is 19.7 Å². The number of anilines is 1. The molecule has 1 aromatic rings. The quantitative estimate of drug-likeness (QED) is 0.812. The first-order chi connectivity index (χ1) is 10.8. The number of thioether (sulfide) groups is 1. The van der Waals surface area contributed by atoms with Crippen molar-refractivity contribution in [3.05, 3.63) is 17.5 Å². The van der Waals surface area contributed by atoms with E-state index >= 15 is 0 Å². The van der Waals surface area contributed by atoms with Gasteiger partial charge in [0, 0.05) is 12.6 Å². The van der Waals surface area contributed by atoms with Crippen LogP contribution in [0.5, 0.6) is 0 Å². The molecule has 0 atom stereocenters. The fourth-order valence-corrected chi connectivity index (χ4v) is 2.98. The Balaban J connectivity index is 1.98. The molecule has 23 heavy (non-hydrogen) atoms. The highest BCUT2D eigenvalue weighted by Gasteiger charge is 2.32. The molecule has 0 saturated carbocycles. The Labute approximate surface area is 138 Å². The second-order valence-electron chi connectivity index (χ2n) is 6.11. The molecule has 0 bridgehead atoms. The van der Waals surface area contributed by atoms with Crippen molar-refractivity contribution >= 4 is 35.4 Å². The van der Waals surface area contributed by atoms with Gasteiger partial charge in [0.1, 0.15) is 0 Å². The Morgan fingerprint density at radius 2 is 2.09 bits per heavy atom. The molecule has 1 amide bonds. The van der Waals surface area contributed by atoms with Gasteiger partial charge in [-0.15, -0.1) is 11.8 Å². The molecule has 1 heterocycles. The lowest BCUT2D eigenvalue weighted by Crippen LogP contribution is -2.29. The Bertz CT molecular complexity index is 646. The van der Waals surface area contributed by atoms with Crippen molar-refractivity contribution in [1.29, 1.82) is 0 Å². The minimum Gasteiger partial charge on any atom is -0.468 e. The molecule has 7 nitrogen and oxygen atoms in total. The highest BCUT2D eigenvalue weighted by molar-refractivity contribution is 8.00. The Hall–Kier alpha value is -1.96. The molecule has 2 rings (SSSR count). The number of carbonyl (C=O) groups excluding carboxylic acids is 3. The molecule has 1 aliphatic rings. The number of amides is 1. The third-order valence-electron chi connectivity index (χ3n) is 3.39. The van der Waals surface area contributed by atoms with Gasteiger partial charge in [0.05, 0.1) is 29.9 Å². The van der Waals surface area contributed by atoms with Gasteiger partial charge in [-0.25, -0.2) is 9.97 Å². The molecule has 0 saturated heterocycles. The Kier molecular flexibility index (Phi) is 5.35. The van der Waals surface area contributed by atoms with Crippen molar-refractivity contribution in [2.24, 2.45) is 5.41 Å². The molecule has 0 aromatic carbocycles. The number of Topliss-reactive ketones (excluding diaryl/α,β-unsaturated/α-hetero) is 1. The predicted molar refractivity (Wildman–Crippen MR) is 86.4 cm³/mol. The first kappa shape index (κ1) is 17.4. The molecule has 0 radical (unpaired) electrons. The van der Waals surface area contributed by atoms with Crippen LogP contribution in [0, 0.1) is 5.41 Å². The van der Waals surface area contributed by atoms with Crippen molar-refractivity contribution in [2.45, 2.75) is 26.7 Å². The zero-order valence-electron chi connectivity index (χ0n) is 13.3. The zero-order chi connectivity index (χ0) is 17.0. The van der Waals surface area contributed by atoms with Crippen molar-refractivity contribution in [3.63, 3.8) is 0 Å². The standard InChI is InChI=1S/C15H19N3O4S/c1-15(2)4-10-9(11(19)5-15)6-16-14(17-10)18-12(20)7-23-8-13(21)22-3/h6H,4-5,7-8H2,1-3H3,(H,16,17,18,20). The summed E-state index contributed by atoms with van der Waals surface area (Å²) in [6.45, 7) is 4.02. The molecule has 0 fully saturated rings. The third kappa shape index (κ3) is 4.75. The van der Waals surface area contributed by atoms with E-state index in [-0.39, 0.29) is 40.5 Å². The summed E-state index contributed by atoms with van der Waals surface area (Å²) in [5, 5.41) is 2.58. The Morgan fingerprint density at radius 3 is 2.78 bits per heavy atom. The number of esters is 1. The monoisotopic (exact) mass is 337 g/mol. The molecule has 8 heteroatoms. The van der Waals surface area contributed by atoms with Crippen LogP contribution in [0.25, 0.3) is 0 Å². The average Bonchev–Trinajstić information content (AvgIpc) is 2.45. The maximum atomic E-state index is 12.1. The summed E-state index contributed by atoms with van der Waals surface area (Å²) >= 11 is 1.15. The number of nitrogens with zero attached hydrogens (tertiary/aromatic N) is 2. The van der Waals surface area contributed by atoms with Crippen LogP contribution in [-0.4, -0.2) is 46.2 Å². The summed E-state index contributed by atoms with van der Waals surface area (Å²) in [5.41, 5.74) is 1.05. The van der Waals surface area contributed by atoms with E-state index in [1.54, 1.807) is 0 Å². The second-order valence-corrected chi connectivity index (χ2v) is 7.10. The number of ether oxygens (including phenoxy) is 1. The number of hydrogen-bond acceptors (Lipinski definition) is 7. The molecule has 0 unspecified atom stereocenters. The molecular formula is C15H19N3O4S. The van der Waals surface area contributed by atoms with E-state index in [1.807, 2.05) is 13.8 Å². The summed E-state index contributed by atoms with van der Waals surface area (Å²) in [5.74, 6) is -0.271. The summed E-state index contributed by atoms with van der Waals surface area (Å²) in [6.07, 6.45) is 2.60. The number of aromatic nitrogens is 2. The van der Waals surface area contributed by atoms with Crippen LogP contribution in [0.15, 0.2) is 6.20 Å². The van der Waals surface area contributed by atoms with Crippen LogP contribution >= 0.6 is 11.8 Å². The van der Waals surface area contributed by atoms with Crippen molar-refractivity contribution < 1.29 is 19.1 Å². The number of fused-ring (bicyclic) bond motifs is 1. The number of ketones is 1. The van der Waals surface area contributed by atoms with E-state index in [2.05, 4.69) is 20.0 Å². The van der Waals surface area contributed by atoms with Crippen LogP contribution in [0.2, 0.25) is 0 Å². The topological polar surface area (TPSA) is 98.2 Å². The minimum absolute atomic E-state index is 0.0303. The van der Waals surface area contributed by atoms with Crippen molar-refractivity contribution in [1.82, 2.24) is 9.97 Å². The number of methoxy groups -OCH3 is 1. The molecule has 1 aromatic heterocycles. The maximum Gasteiger partial charge on any atom is 0.315 e. The van der Waals surface area contributed by atoms with Gasteiger partial charge >= 0.3 is 5.97 Å². The van der Waals surface area contributed by atoms with Gasteiger partial charge in [0.2, 0.25) is 11.9 Å². The number of carbonyl (C=O) groups is 3. The van der Waals surface area contributed by atoms with Gasteiger partial charge in [-0.1, -0.05) is 13.8 Å². The number of rotatable bonds is 5. The molecule has 0 spiro atoms. The fourth-order valence-electron chi connectivity index (χ4n) is 2.34. The molecule has 124 valence electrons. The SMILES string of the molecule is COC(=O)CSCC(=O)Nc1ncc2c(n1)CC(C)(C)CC2=O. The van der Waals surface area contributed by atoms with Crippen LogP contribution in [-0.2, 0) is 20.7 Å². The van der Waals surface area contributed by atoms with E-state index in [1.165, 1.54) is 13.3 Å². The van der Waals surface area contributed by atoms with Crippen LogP contribution in [0.1, 0.15) is 36.3 Å². The summed E-state index contributed by atoms with van der Waals surface area (Å²) in [4.78, 5) is 43.2. The van der Waals surface area contributed by atoms with E-state index in [0.717, 1.165) is 11.8 Å². The zero-order valence-corrected chi connectivity index (χ0v) is 14.2. The Morgan fingerprint density at radius 1 is 1.35 bits per heavy atom.